The molecule has 0 aromatic carbocycles. The van der Waals surface area contributed by atoms with Gasteiger partial charge in [0, 0.05) is 13.1 Å². The standard InChI is InChI=1S/C6H17N4/c7-3-1-5-10(9)6-2-4-8/h9H,1-8H2. The van der Waals surface area contributed by atoms with Crippen molar-refractivity contribution in [1.29, 1.82) is 0 Å². The van der Waals surface area contributed by atoms with Gasteiger partial charge >= 0.3 is 0 Å². The first-order valence-corrected chi connectivity index (χ1v) is 3.67. The molecule has 0 fully saturated rings. The Morgan fingerprint density at radius 1 is 1.00 bits per heavy atom. The van der Waals surface area contributed by atoms with Gasteiger partial charge in [-0.05, 0) is 25.9 Å². The molecule has 0 atom stereocenters. The summed E-state index contributed by atoms with van der Waals surface area (Å²) in [6.45, 7) is 2.85. The Kier molecular flexibility index (Phi) is 6.84. The number of hydrogen-bond donors (Lipinski definition) is 2. The summed E-state index contributed by atoms with van der Waals surface area (Å²) in [6.07, 6.45) is 1.79. The van der Waals surface area contributed by atoms with Crippen molar-refractivity contribution in [2.45, 2.75) is 12.8 Å². The average molecular weight is 145 g/mol. The Bertz CT molecular complexity index is 58.8. The minimum atomic E-state index is 0.665. The highest BCUT2D eigenvalue weighted by molar-refractivity contribution is 4.49. The van der Waals surface area contributed by atoms with E-state index in [4.69, 9.17) is 17.3 Å². The Labute approximate surface area is 62.3 Å². The molecule has 0 rings (SSSR count). The zero-order chi connectivity index (χ0) is 7.82. The van der Waals surface area contributed by atoms with Crippen molar-refractivity contribution in [1.82, 2.24) is 10.9 Å². The van der Waals surface area contributed by atoms with Crippen molar-refractivity contribution in [2.75, 3.05) is 26.2 Å². The number of nitrogens with one attached hydrogen (secondary N) is 1. The largest absolute Gasteiger partial charge is 0.330 e. The fourth-order valence-electron chi connectivity index (χ4n) is 0.676. The molecule has 0 amide bonds. The van der Waals surface area contributed by atoms with Crippen molar-refractivity contribution in [3.05, 3.63) is 0 Å². The van der Waals surface area contributed by atoms with Gasteiger partial charge in [-0.25, -0.2) is 5.01 Å². The van der Waals surface area contributed by atoms with Crippen LogP contribution < -0.4 is 17.3 Å². The summed E-state index contributed by atoms with van der Waals surface area (Å²) in [5.41, 5.74) is 10.5. The van der Waals surface area contributed by atoms with Crippen molar-refractivity contribution in [2.24, 2.45) is 11.5 Å². The summed E-state index contributed by atoms with van der Waals surface area (Å²) < 4.78 is 0. The Balaban J connectivity index is 3.00. The van der Waals surface area contributed by atoms with Gasteiger partial charge in [-0.1, -0.05) is 0 Å². The van der Waals surface area contributed by atoms with Crippen LogP contribution >= 0.6 is 0 Å². The Morgan fingerprint density at radius 2 is 1.40 bits per heavy atom. The van der Waals surface area contributed by atoms with Crippen LogP contribution in [0.5, 0.6) is 0 Å². The van der Waals surface area contributed by atoms with Gasteiger partial charge in [0.1, 0.15) is 0 Å². The molecule has 5 N–H and O–H groups in total. The SMILES string of the molecule is [NH]N(CCCN)CCCN. The van der Waals surface area contributed by atoms with E-state index in [1.165, 1.54) is 5.01 Å². The van der Waals surface area contributed by atoms with Gasteiger partial charge in [0.15, 0.2) is 0 Å². The van der Waals surface area contributed by atoms with Gasteiger partial charge in [0.05, 0.1) is 0 Å². The first kappa shape index (κ1) is 9.84. The lowest BCUT2D eigenvalue weighted by molar-refractivity contribution is 0.262. The van der Waals surface area contributed by atoms with Crippen LogP contribution in [0.15, 0.2) is 0 Å². The van der Waals surface area contributed by atoms with Gasteiger partial charge in [-0.3, -0.25) is 0 Å². The minimum absolute atomic E-state index is 0.665. The molecule has 0 bridgehead atoms. The second-order valence-electron chi connectivity index (χ2n) is 2.27. The average Bonchev–Trinajstić information content (AvgIpc) is 1.97. The van der Waals surface area contributed by atoms with Crippen LogP contribution in [0.1, 0.15) is 12.8 Å². The summed E-state index contributed by atoms with van der Waals surface area (Å²) in [6, 6.07) is 0. The highest BCUT2D eigenvalue weighted by atomic mass is 15.4. The first-order chi connectivity index (χ1) is 4.81. The molecule has 0 aliphatic heterocycles. The molecule has 4 nitrogen and oxygen atoms in total. The summed E-state index contributed by atoms with van der Waals surface area (Å²) >= 11 is 0. The summed E-state index contributed by atoms with van der Waals surface area (Å²) in [5, 5.41) is 1.51. The molecule has 4 heteroatoms. The maximum atomic E-state index is 7.30. The van der Waals surface area contributed by atoms with Crippen molar-refractivity contribution >= 4 is 0 Å². The molecular weight excluding hydrogens is 128 g/mol. The van der Waals surface area contributed by atoms with Crippen LogP contribution in [0.4, 0.5) is 0 Å². The van der Waals surface area contributed by atoms with Gasteiger partial charge < -0.3 is 11.5 Å². The van der Waals surface area contributed by atoms with E-state index in [1.54, 1.807) is 0 Å². The van der Waals surface area contributed by atoms with E-state index in [-0.39, 0.29) is 0 Å². The lowest BCUT2D eigenvalue weighted by atomic mass is 10.4. The lowest BCUT2D eigenvalue weighted by Crippen LogP contribution is -2.26. The van der Waals surface area contributed by atoms with Gasteiger partial charge in [0.2, 0.25) is 0 Å². The molecule has 0 unspecified atom stereocenters. The fourth-order valence-corrected chi connectivity index (χ4v) is 0.676. The summed E-state index contributed by atoms with van der Waals surface area (Å²) in [7, 11) is 0. The third-order valence-corrected chi connectivity index (χ3v) is 1.26. The number of nitrogens with zero attached hydrogens (tertiary/aromatic N) is 1. The minimum Gasteiger partial charge on any atom is -0.330 e. The van der Waals surface area contributed by atoms with Gasteiger partial charge in [0.25, 0.3) is 0 Å². The highest BCUT2D eigenvalue weighted by Crippen LogP contribution is 1.85. The number of nitrogens with two attached hydrogens (primary N) is 2. The van der Waals surface area contributed by atoms with E-state index >= 15 is 0 Å². The van der Waals surface area contributed by atoms with E-state index in [9.17, 15) is 0 Å². The van der Waals surface area contributed by atoms with E-state index in [1.807, 2.05) is 0 Å². The highest BCUT2D eigenvalue weighted by Gasteiger charge is 1.95. The zero-order valence-electron chi connectivity index (χ0n) is 6.34. The number of rotatable bonds is 6. The molecule has 0 aliphatic rings. The lowest BCUT2D eigenvalue weighted by Gasteiger charge is -2.12. The second kappa shape index (κ2) is 6.95. The topological polar surface area (TPSA) is 79.1 Å². The maximum absolute atomic E-state index is 7.30. The molecule has 0 saturated heterocycles. The zero-order valence-corrected chi connectivity index (χ0v) is 6.34. The van der Waals surface area contributed by atoms with E-state index in [0.717, 1.165) is 25.9 Å². The predicted molar refractivity (Wildman–Crippen MR) is 42.0 cm³/mol. The molecule has 0 heterocycles. The van der Waals surface area contributed by atoms with Crippen LogP contribution in [0, 0.1) is 0 Å². The maximum Gasteiger partial charge on any atom is 0.0156 e. The third kappa shape index (κ3) is 5.97. The summed E-state index contributed by atoms with van der Waals surface area (Å²) in [4.78, 5) is 0. The normalized spacial score (nSPS) is 10.8. The smallest absolute Gasteiger partial charge is 0.0156 e. The number of hydrogen-bond acceptors (Lipinski definition) is 3. The van der Waals surface area contributed by atoms with E-state index in [2.05, 4.69) is 0 Å². The molecule has 0 spiro atoms. The Morgan fingerprint density at radius 3 is 1.70 bits per heavy atom. The quantitative estimate of drug-likeness (QED) is 0.479. The molecule has 0 aliphatic carbocycles. The van der Waals surface area contributed by atoms with Crippen LogP contribution in [0.3, 0.4) is 0 Å². The molecule has 0 saturated carbocycles. The second-order valence-corrected chi connectivity index (χ2v) is 2.27. The molecule has 10 heavy (non-hydrogen) atoms. The molecule has 61 valence electrons. The molecule has 1 radical (unpaired) electrons. The Hall–Kier alpha value is -0.160. The van der Waals surface area contributed by atoms with E-state index < -0.39 is 0 Å². The van der Waals surface area contributed by atoms with Crippen molar-refractivity contribution in [3.63, 3.8) is 0 Å². The monoisotopic (exact) mass is 145 g/mol. The van der Waals surface area contributed by atoms with Crippen molar-refractivity contribution in [3.8, 4) is 0 Å². The molecular formula is C6H17N4. The van der Waals surface area contributed by atoms with Crippen LogP contribution in [-0.4, -0.2) is 31.2 Å². The van der Waals surface area contributed by atoms with Gasteiger partial charge in [-0.15, -0.1) is 0 Å². The molecule has 0 aromatic rings. The van der Waals surface area contributed by atoms with E-state index in [0.29, 0.717) is 13.1 Å². The predicted octanol–water partition coefficient (Wildman–Crippen LogP) is -0.816. The van der Waals surface area contributed by atoms with Crippen molar-refractivity contribution < 1.29 is 0 Å². The van der Waals surface area contributed by atoms with Crippen LogP contribution in [0.25, 0.3) is 0 Å². The van der Waals surface area contributed by atoms with Gasteiger partial charge in [-0.2, -0.15) is 5.84 Å². The van der Waals surface area contributed by atoms with Crippen LogP contribution in [0.2, 0.25) is 0 Å². The van der Waals surface area contributed by atoms with Crippen LogP contribution in [-0.2, 0) is 0 Å². The molecule has 0 aromatic heterocycles. The first-order valence-electron chi connectivity index (χ1n) is 3.67. The third-order valence-electron chi connectivity index (χ3n) is 1.26. The fraction of sp³-hybridized carbons (Fsp3) is 1.00. The summed E-state index contributed by atoms with van der Waals surface area (Å²) in [5.74, 6) is 7.30.